The average Bonchev–Trinajstić information content (AvgIpc) is 2.37. The first-order chi connectivity index (χ1) is 8.26. The lowest BCUT2D eigenvalue weighted by Crippen LogP contribution is -2.39. The quantitative estimate of drug-likeness (QED) is 0.690. The van der Waals surface area contributed by atoms with Gasteiger partial charge < -0.3 is 16.4 Å². The third-order valence-electron chi connectivity index (χ3n) is 2.56. The summed E-state index contributed by atoms with van der Waals surface area (Å²) < 4.78 is 0. The zero-order valence-electron chi connectivity index (χ0n) is 10.3. The Morgan fingerprint density at radius 3 is 2.29 bits per heavy atom. The summed E-state index contributed by atoms with van der Waals surface area (Å²) in [4.78, 5) is 11.2. The number of amides is 2. The van der Waals surface area contributed by atoms with Gasteiger partial charge in [0, 0.05) is 19.6 Å². The van der Waals surface area contributed by atoms with Crippen molar-refractivity contribution in [1.82, 2.24) is 10.6 Å². The van der Waals surface area contributed by atoms with E-state index in [2.05, 4.69) is 41.8 Å². The number of carbonyl (C=O) groups excluding carboxylic acids is 1. The van der Waals surface area contributed by atoms with Crippen molar-refractivity contribution >= 4 is 6.03 Å². The van der Waals surface area contributed by atoms with E-state index < -0.39 is 0 Å². The van der Waals surface area contributed by atoms with Crippen LogP contribution in [0.4, 0.5) is 4.79 Å². The normalized spacial score (nSPS) is 10.0. The summed E-state index contributed by atoms with van der Waals surface area (Å²) in [5, 5.41) is 5.45. The molecule has 0 fully saturated rings. The van der Waals surface area contributed by atoms with Crippen LogP contribution in [0.2, 0.25) is 0 Å². The number of benzene rings is 1. The molecule has 1 aromatic rings. The van der Waals surface area contributed by atoms with E-state index in [1.165, 1.54) is 11.1 Å². The largest absolute Gasteiger partial charge is 0.338 e. The first-order valence-corrected chi connectivity index (χ1v) is 6.06. The van der Waals surface area contributed by atoms with E-state index in [0.29, 0.717) is 19.6 Å². The van der Waals surface area contributed by atoms with E-state index in [1.54, 1.807) is 0 Å². The summed E-state index contributed by atoms with van der Waals surface area (Å²) in [5.74, 6) is 0. The fraction of sp³-hybridized carbons (Fsp3) is 0.462. The molecule has 1 aromatic carbocycles. The van der Waals surface area contributed by atoms with Gasteiger partial charge >= 0.3 is 6.03 Å². The second-order valence-corrected chi connectivity index (χ2v) is 3.89. The van der Waals surface area contributed by atoms with Crippen LogP contribution >= 0.6 is 0 Å². The molecular formula is C13H21N3O. The Balaban J connectivity index is 2.23. The van der Waals surface area contributed by atoms with Gasteiger partial charge in [-0.2, -0.15) is 0 Å². The molecule has 0 radical (unpaired) electrons. The second kappa shape index (κ2) is 7.68. The molecule has 0 unspecified atom stereocenters. The average molecular weight is 235 g/mol. The molecule has 4 heteroatoms. The van der Waals surface area contributed by atoms with Crippen molar-refractivity contribution in [3.63, 3.8) is 0 Å². The van der Waals surface area contributed by atoms with Crippen LogP contribution in [-0.2, 0) is 12.8 Å². The highest BCUT2D eigenvalue weighted by Crippen LogP contribution is 2.05. The van der Waals surface area contributed by atoms with Gasteiger partial charge in [-0.15, -0.1) is 0 Å². The number of aryl methyl sites for hydroxylation is 1. The van der Waals surface area contributed by atoms with Gasteiger partial charge in [0.25, 0.3) is 0 Å². The minimum atomic E-state index is -0.152. The number of nitrogens with one attached hydrogen (secondary N) is 2. The monoisotopic (exact) mass is 235 g/mol. The van der Waals surface area contributed by atoms with Crippen LogP contribution in [0.3, 0.4) is 0 Å². The molecule has 0 heterocycles. The zero-order valence-corrected chi connectivity index (χ0v) is 10.3. The molecule has 4 nitrogen and oxygen atoms in total. The van der Waals surface area contributed by atoms with Gasteiger partial charge in [0.1, 0.15) is 0 Å². The Morgan fingerprint density at radius 1 is 1.12 bits per heavy atom. The van der Waals surface area contributed by atoms with Crippen molar-refractivity contribution in [3.8, 4) is 0 Å². The molecule has 1 rings (SSSR count). The standard InChI is InChI=1S/C13H21N3O/c1-2-11-3-5-12(6-4-11)7-9-15-13(17)16-10-8-14/h3-6H,2,7-10,14H2,1H3,(H2,15,16,17). The molecule has 0 aliphatic rings. The first kappa shape index (κ1) is 13.5. The molecule has 2 amide bonds. The summed E-state index contributed by atoms with van der Waals surface area (Å²) in [5.41, 5.74) is 7.85. The molecule has 0 atom stereocenters. The van der Waals surface area contributed by atoms with Gasteiger partial charge in [0.2, 0.25) is 0 Å². The minimum Gasteiger partial charge on any atom is -0.338 e. The van der Waals surface area contributed by atoms with Crippen LogP contribution in [0.25, 0.3) is 0 Å². The van der Waals surface area contributed by atoms with Crippen LogP contribution < -0.4 is 16.4 Å². The number of rotatable bonds is 6. The van der Waals surface area contributed by atoms with Gasteiger partial charge in [-0.3, -0.25) is 0 Å². The Kier molecular flexibility index (Phi) is 6.10. The van der Waals surface area contributed by atoms with Gasteiger partial charge in [0.15, 0.2) is 0 Å². The van der Waals surface area contributed by atoms with Crippen molar-refractivity contribution in [2.45, 2.75) is 19.8 Å². The summed E-state index contributed by atoms with van der Waals surface area (Å²) in [6.07, 6.45) is 1.90. The molecule has 0 aliphatic heterocycles. The predicted molar refractivity (Wildman–Crippen MR) is 70.0 cm³/mol. The fourth-order valence-electron chi connectivity index (χ4n) is 1.51. The van der Waals surface area contributed by atoms with Crippen molar-refractivity contribution < 1.29 is 4.79 Å². The topological polar surface area (TPSA) is 67.2 Å². The van der Waals surface area contributed by atoms with Crippen LogP contribution in [0, 0.1) is 0 Å². The van der Waals surface area contributed by atoms with Crippen LogP contribution in [-0.4, -0.2) is 25.7 Å². The molecule has 0 bridgehead atoms. The van der Waals surface area contributed by atoms with Crippen LogP contribution in [0.1, 0.15) is 18.1 Å². The van der Waals surface area contributed by atoms with Gasteiger partial charge in [-0.1, -0.05) is 31.2 Å². The summed E-state index contributed by atoms with van der Waals surface area (Å²) >= 11 is 0. The molecule has 0 spiro atoms. The van der Waals surface area contributed by atoms with Crippen LogP contribution in [0.5, 0.6) is 0 Å². The maximum Gasteiger partial charge on any atom is 0.314 e. The Bertz CT molecular complexity index is 335. The number of urea groups is 1. The number of hydrogen-bond donors (Lipinski definition) is 3. The Morgan fingerprint density at radius 2 is 1.71 bits per heavy atom. The molecule has 4 N–H and O–H groups in total. The lowest BCUT2D eigenvalue weighted by Gasteiger charge is -2.07. The highest BCUT2D eigenvalue weighted by molar-refractivity contribution is 5.73. The number of carbonyl (C=O) groups is 1. The van der Waals surface area contributed by atoms with Gasteiger partial charge in [-0.05, 0) is 24.0 Å². The van der Waals surface area contributed by atoms with E-state index in [4.69, 9.17) is 5.73 Å². The van der Waals surface area contributed by atoms with Gasteiger partial charge in [0.05, 0.1) is 0 Å². The maximum atomic E-state index is 11.2. The highest BCUT2D eigenvalue weighted by atomic mass is 16.2. The van der Waals surface area contributed by atoms with Crippen molar-refractivity contribution in [1.29, 1.82) is 0 Å². The second-order valence-electron chi connectivity index (χ2n) is 3.89. The summed E-state index contributed by atoms with van der Waals surface area (Å²) in [6, 6.07) is 8.32. The minimum absolute atomic E-state index is 0.152. The number of nitrogens with two attached hydrogens (primary N) is 1. The van der Waals surface area contributed by atoms with E-state index in [0.717, 1.165) is 12.8 Å². The molecule has 0 aromatic heterocycles. The maximum absolute atomic E-state index is 11.2. The van der Waals surface area contributed by atoms with Crippen LogP contribution in [0.15, 0.2) is 24.3 Å². The Labute approximate surface area is 103 Å². The molecule has 17 heavy (non-hydrogen) atoms. The third-order valence-corrected chi connectivity index (χ3v) is 2.56. The van der Waals surface area contributed by atoms with E-state index >= 15 is 0 Å². The molecular weight excluding hydrogens is 214 g/mol. The highest BCUT2D eigenvalue weighted by Gasteiger charge is 1.98. The fourth-order valence-corrected chi connectivity index (χ4v) is 1.51. The smallest absolute Gasteiger partial charge is 0.314 e. The predicted octanol–water partition coefficient (Wildman–Crippen LogP) is 1.05. The molecule has 0 saturated heterocycles. The molecule has 94 valence electrons. The third kappa shape index (κ3) is 5.36. The lowest BCUT2D eigenvalue weighted by atomic mass is 10.1. The van der Waals surface area contributed by atoms with Crippen molar-refractivity contribution in [3.05, 3.63) is 35.4 Å². The van der Waals surface area contributed by atoms with E-state index in [1.807, 2.05) is 0 Å². The zero-order chi connectivity index (χ0) is 12.5. The SMILES string of the molecule is CCc1ccc(CCNC(=O)NCCN)cc1. The lowest BCUT2D eigenvalue weighted by molar-refractivity contribution is 0.241. The summed E-state index contributed by atoms with van der Waals surface area (Å²) in [7, 11) is 0. The first-order valence-electron chi connectivity index (χ1n) is 6.06. The summed E-state index contributed by atoms with van der Waals surface area (Å²) in [6.45, 7) is 3.75. The number of hydrogen-bond acceptors (Lipinski definition) is 2. The molecule has 0 saturated carbocycles. The van der Waals surface area contributed by atoms with Crippen molar-refractivity contribution in [2.24, 2.45) is 5.73 Å². The van der Waals surface area contributed by atoms with Crippen molar-refractivity contribution in [2.75, 3.05) is 19.6 Å². The molecule has 0 aliphatic carbocycles. The van der Waals surface area contributed by atoms with E-state index in [9.17, 15) is 4.79 Å². The van der Waals surface area contributed by atoms with E-state index in [-0.39, 0.29) is 6.03 Å². The Hall–Kier alpha value is -1.55. The van der Waals surface area contributed by atoms with Gasteiger partial charge in [-0.25, -0.2) is 4.79 Å².